The van der Waals surface area contributed by atoms with Crippen LogP contribution in [0.5, 0.6) is 0 Å². The quantitative estimate of drug-likeness (QED) is 0.785. The second-order valence-electron chi connectivity index (χ2n) is 3.84. The van der Waals surface area contributed by atoms with Crippen LogP contribution < -0.4 is 5.73 Å². The standard InChI is InChI=1S/C9H12N6O.H2S/c10-8-7-9(12-5-11-8)15(14-13-7)6-2-1-3-16-4-6;/h5-6H,1-4H2,(H2,10,11,12);1H2/t6-;/m0./s1. The van der Waals surface area contributed by atoms with Gasteiger partial charge in [-0.15, -0.1) is 5.10 Å². The average molecular weight is 254 g/mol. The van der Waals surface area contributed by atoms with Crippen molar-refractivity contribution in [1.29, 1.82) is 0 Å². The minimum absolute atomic E-state index is 0. The summed E-state index contributed by atoms with van der Waals surface area (Å²) in [4.78, 5) is 8.05. The molecule has 1 saturated heterocycles. The summed E-state index contributed by atoms with van der Waals surface area (Å²) in [5, 5.41) is 8.08. The normalized spacial score (nSPS) is 20.1. The summed E-state index contributed by atoms with van der Waals surface area (Å²) in [6.45, 7) is 1.47. The SMILES string of the molecule is Nc1ncnc2c1nnn2[C@H]1CCCOC1.S. The van der Waals surface area contributed by atoms with E-state index in [1.54, 1.807) is 4.68 Å². The second-order valence-corrected chi connectivity index (χ2v) is 3.84. The molecule has 0 bridgehead atoms. The molecule has 0 saturated carbocycles. The van der Waals surface area contributed by atoms with Crippen molar-refractivity contribution in [3.8, 4) is 0 Å². The predicted octanol–water partition coefficient (Wildman–Crippen LogP) is 0.268. The van der Waals surface area contributed by atoms with Gasteiger partial charge in [-0.3, -0.25) is 0 Å². The number of rotatable bonds is 1. The molecule has 7 nitrogen and oxygen atoms in total. The molecule has 0 aromatic carbocycles. The van der Waals surface area contributed by atoms with Crippen molar-refractivity contribution in [2.24, 2.45) is 0 Å². The molecule has 0 radical (unpaired) electrons. The number of hydrogen-bond acceptors (Lipinski definition) is 6. The highest BCUT2D eigenvalue weighted by atomic mass is 32.1. The van der Waals surface area contributed by atoms with Crippen molar-refractivity contribution in [2.75, 3.05) is 18.9 Å². The van der Waals surface area contributed by atoms with Crippen LogP contribution in [-0.2, 0) is 4.74 Å². The summed E-state index contributed by atoms with van der Waals surface area (Å²) in [5.74, 6) is 0.368. The largest absolute Gasteiger partial charge is 0.382 e. The number of nitrogens with zero attached hydrogens (tertiary/aromatic N) is 5. The van der Waals surface area contributed by atoms with Gasteiger partial charge in [-0.1, -0.05) is 5.21 Å². The molecule has 1 fully saturated rings. The minimum Gasteiger partial charge on any atom is -0.382 e. The molecule has 8 heteroatoms. The minimum atomic E-state index is 0. The van der Waals surface area contributed by atoms with Crippen LogP contribution in [0.1, 0.15) is 18.9 Å². The van der Waals surface area contributed by atoms with Crippen LogP contribution in [0.2, 0.25) is 0 Å². The highest BCUT2D eigenvalue weighted by molar-refractivity contribution is 7.59. The Morgan fingerprint density at radius 2 is 2.29 bits per heavy atom. The first kappa shape index (κ1) is 12.1. The number of nitrogen functional groups attached to an aromatic ring is 1. The molecule has 3 rings (SSSR count). The fourth-order valence-corrected chi connectivity index (χ4v) is 1.94. The first-order valence-corrected chi connectivity index (χ1v) is 5.25. The molecule has 1 atom stereocenters. The molecule has 2 aromatic rings. The lowest BCUT2D eigenvalue weighted by Gasteiger charge is -2.21. The third-order valence-electron chi connectivity index (χ3n) is 2.77. The maximum absolute atomic E-state index is 5.70. The van der Waals surface area contributed by atoms with E-state index in [1.807, 2.05) is 0 Å². The zero-order valence-electron chi connectivity index (χ0n) is 9.20. The van der Waals surface area contributed by atoms with E-state index in [0.29, 0.717) is 23.6 Å². The van der Waals surface area contributed by atoms with E-state index in [-0.39, 0.29) is 19.5 Å². The van der Waals surface area contributed by atoms with E-state index in [9.17, 15) is 0 Å². The first-order chi connectivity index (χ1) is 7.86. The van der Waals surface area contributed by atoms with Crippen LogP contribution >= 0.6 is 13.5 Å². The highest BCUT2D eigenvalue weighted by Gasteiger charge is 2.20. The van der Waals surface area contributed by atoms with Gasteiger partial charge in [0.2, 0.25) is 0 Å². The maximum atomic E-state index is 5.70. The molecule has 1 aliphatic rings. The lowest BCUT2D eigenvalue weighted by Crippen LogP contribution is -2.22. The van der Waals surface area contributed by atoms with Gasteiger partial charge >= 0.3 is 0 Å². The molecule has 17 heavy (non-hydrogen) atoms. The summed E-state index contributed by atoms with van der Waals surface area (Å²) in [5.41, 5.74) is 6.95. The summed E-state index contributed by atoms with van der Waals surface area (Å²) < 4.78 is 7.21. The van der Waals surface area contributed by atoms with Gasteiger partial charge in [0, 0.05) is 6.61 Å². The first-order valence-electron chi connectivity index (χ1n) is 5.25. The van der Waals surface area contributed by atoms with Crippen LogP contribution in [0.4, 0.5) is 5.82 Å². The molecule has 0 amide bonds. The Morgan fingerprint density at radius 1 is 1.41 bits per heavy atom. The maximum Gasteiger partial charge on any atom is 0.184 e. The predicted molar refractivity (Wildman–Crippen MR) is 67.0 cm³/mol. The fraction of sp³-hybridized carbons (Fsp3) is 0.556. The van der Waals surface area contributed by atoms with E-state index in [4.69, 9.17) is 10.5 Å². The summed E-state index contributed by atoms with van der Waals surface area (Å²) in [6, 6.07) is 0.202. The second kappa shape index (κ2) is 4.84. The molecule has 0 spiro atoms. The Balaban J connectivity index is 0.00000108. The van der Waals surface area contributed by atoms with Crippen LogP contribution in [0.3, 0.4) is 0 Å². The lowest BCUT2D eigenvalue weighted by atomic mass is 10.1. The van der Waals surface area contributed by atoms with Crippen molar-refractivity contribution in [2.45, 2.75) is 18.9 Å². The lowest BCUT2D eigenvalue weighted by molar-refractivity contribution is 0.0556. The molecular formula is C9H14N6OS. The monoisotopic (exact) mass is 254 g/mol. The summed E-state index contributed by atoms with van der Waals surface area (Å²) in [7, 11) is 0. The van der Waals surface area contributed by atoms with E-state index in [0.717, 1.165) is 19.4 Å². The number of hydrogen-bond donors (Lipinski definition) is 1. The van der Waals surface area contributed by atoms with Crippen LogP contribution in [0, 0.1) is 0 Å². The van der Waals surface area contributed by atoms with Crippen molar-refractivity contribution >= 4 is 30.5 Å². The topological polar surface area (TPSA) is 91.7 Å². The number of anilines is 1. The summed E-state index contributed by atoms with van der Waals surface area (Å²) in [6.07, 6.45) is 3.50. The van der Waals surface area contributed by atoms with E-state index in [1.165, 1.54) is 6.33 Å². The molecule has 3 heterocycles. The van der Waals surface area contributed by atoms with Gasteiger partial charge in [-0.25, -0.2) is 14.6 Å². The van der Waals surface area contributed by atoms with Gasteiger partial charge < -0.3 is 10.5 Å². The molecular weight excluding hydrogens is 240 g/mol. The van der Waals surface area contributed by atoms with Gasteiger partial charge in [0.25, 0.3) is 0 Å². The third kappa shape index (κ3) is 2.05. The smallest absolute Gasteiger partial charge is 0.184 e. The van der Waals surface area contributed by atoms with E-state index in [2.05, 4.69) is 20.3 Å². The number of nitrogens with two attached hydrogens (primary N) is 1. The number of ether oxygens (including phenoxy) is 1. The number of fused-ring (bicyclic) bond motifs is 1. The Hall–Kier alpha value is -1.41. The van der Waals surface area contributed by atoms with Gasteiger partial charge in [0.15, 0.2) is 17.0 Å². The molecule has 0 unspecified atom stereocenters. The number of aromatic nitrogens is 5. The van der Waals surface area contributed by atoms with Gasteiger partial charge in [-0.05, 0) is 12.8 Å². The van der Waals surface area contributed by atoms with Gasteiger partial charge in [0.1, 0.15) is 6.33 Å². The van der Waals surface area contributed by atoms with Crippen molar-refractivity contribution < 1.29 is 4.74 Å². The summed E-state index contributed by atoms with van der Waals surface area (Å²) >= 11 is 0. The average Bonchev–Trinajstić information content (AvgIpc) is 2.75. The Kier molecular flexibility index (Phi) is 3.43. The zero-order chi connectivity index (χ0) is 11.0. The van der Waals surface area contributed by atoms with Gasteiger partial charge in [-0.2, -0.15) is 13.5 Å². The Labute approximate surface area is 105 Å². The van der Waals surface area contributed by atoms with E-state index >= 15 is 0 Å². The molecule has 1 aliphatic heterocycles. The fourth-order valence-electron chi connectivity index (χ4n) is 1.94. The molecule has 2 aromatic heterocycles. The highest BCUT2D eigenvalue weighted by Crippen LogP contribution is 2.22. The van der Waals surface area contributed by atoms with E-state index < -0.39 is 0 Å². The molecule has 0 aliphatic carbocycles. The van der Waals surface area contributed by atoms with Crippen molar-refractivity contribution in [1.82, 2.24) is 25.0 Å². The third-order valence-corrected chi connectivity index (χ3v) is 2.77. The van der Waals surface area contributed by atoms with Crippen LogP contribution in [0.15, 0.2) is 6.33 Å². The molecule has 92 valence electrons. The van der Waals surface area contributed by atoms with Crippen LogP contribution in [-0.4, -0.2) is 38.2 Å². The van der Waals surface area contributed by atoms with Crippen molar-refractivity contribution in [3.63, 3.8) is 0 Å². The zero-order valence-corrected chi connectivity index (χ0v) is 10.2. The van der Waals surface area contributed by atoms with Crippen molar-refractivity contribution in [3.05, 3.63) is 6.33 Å². The van der Waals surface area contributed by atoms with Crippen LogP contribution in [0.25, 0.3) is 11.2 Å². The Morgan fingerprint density at radius 3 is 3.06 bits per heavy atom. The van der Waals surface area contributed by atoms with Gasteiger partial charge in [0.05, 0.1) is 12.6 Å². The Bertz CT molecular complexity index is 509. The molecule has 2 N–H and O–H groups in total.